The molecule has 18 heavy (non-hydrogen) atoms. The highest BCUT2D eigenvalue weighted by molar-refractivity contribution is 9.11. The second-order valence-corrected chi connectivity index (χ2v) is 8.12. The second kappa shape index (κ2) is 6.07. The van der Waals surface area contributed by atoms with Crippen LogP contribution in [0.4, 0.5) is 5.69 Å². The number of hydrogen-bond donors (Lipinski definition) is 1. The average molecular weight is 454 g/mol. The minimum Gasteiger partial charge on any atom is -0.379 e. The summed E-state index contributed by atoms with van der Waals surface area (Å²) in [6, 6.07) is 6.32. The summed E-state index contributed by atoms with van der Waals surface area (Å²) in [5, 5.41) is 3.47. The molecule has 0 atom stereocenters. The van der Waals surface area contributed by atoms with Crippen molar-refractivity contribution in [2.45, 2.75) is 20.4 Å². The minimum atomic E-state index is 0.842. The van der Waals surface area contributed by atoms with Gasteiger partial charge in [0.05, 0.1) is 5.69 Å². The zero-order valence-corrected chi connectivity index (χ0v) is 15.6. The molecule has 1 nitrogen and oxygen atoms in total. The monoisotopic (exact) mass is 451 g/mol. The Labute approximate surface area is 136 Å². The Balaban J connectivity index is 2.18. The standard InChI is InChI=1S/C13H12Br3NS/c1-7-3-9(8(2)18-7)6-17-13-11(15)4-10(14)5-12(13)16/h3-5,17H,6H2,1-2H3. The van der Waals surface area contributed by atoms with Gasteiger partial charge < -0.3 is 5.32 Å². The van der Waals surface area contributed by atoms with Gasteiger partial charge in [-0.15, -0.1) is 11.3 Å². The van der Waals surface area contributed by atoms with Crippen molar-refractivity contribution in [1.29, 1.82) is 0 Å². The van der Waals surface area contributed by atoms with Crippen molar-refractivity contribution in [1.82, 2.24) is 0 Å². The molecule has 0 fully saturated rings. The molecule has 0 aliphatic rings. The Morgan fingerprint density at radius 1 is 1.06 bits per heavy atom. The summed E-state index contributed by atoms with van der Waals surface area (Å²) in [4.78, 5) is 2.74. The molecule has 0 saturated carbocycles. The number of halogens is 3. The highest BCUT2D eigenvalue weighted by Gasteiger charge is 2.08. The van der Waals surface area contributed by atoms with Crippen molar-refractivity contribution in [3.8, 4) is 0 Å². The molecule has 1 aromatic carbocycles. The first-order valence-corrected chi connectivity index (χ1v) is 8.61. The lowest BCUT2D eigenvalue weighted by Gasteiger charge is -2.11. The number of rotatable bonds is 3. The van der Waals surface area contributed by atoms with E-state index < -0.39 is 0 Å². The third kappa shape index (κ3) is 3.38. The number of anilines is 1. The first-order valence-electron chi connectivity index (χ1n) is 5.41. The summed E-state index contributed by atoms with van der Waals surface area (Å²) in [7, 11) is 0. The van der Waals surface area contributed by atoms with Crippen LogP contribution in [0, 0.1) is 13.8 Å². The number of hydrogen-bond acceptors (Lipinski definition) is 2. The highest BCUT2D eigenvalue weighted by atomic mass is 79.9. The minimum absolute atomic E-state index is 0.842. The summed E-state index contributed by atoms with van der Waals surface area (Å²) in [6.45, 7) is 5.15. The molecule has 0 bridgehead atoms. The van der Waals surface area contributed by atoms with E-state index in [2.05, 4.69) is 73.0 Å². The molecule has 0 amide bonds. The van der Waals surface area contributed by atoms with Gasteiger partial charge in [0.2, 0.25) is 0 Å². The molecule has 0 radical (unpaired) electrons. The van der Waals surface area contributed by atoms with Gasteiger partial charge in [-0.2, -0.15) is 0 Å². The molecule has 2 aromatic rings. The molecule has 0 aliphatic carbocycles. The van der Waals surface area contributed by atoms with Crippen molar-refractivity contribution in [3.63, 3.8) is 0 Å². The van der Waals surface area contributed by atoms with Crippen LogP contribution in [0.5, 0.6) is 0 Å². The molecular formula is C13H12Br3NS. The van der Waals surface area contributed by atoms with Gasteiger partial charge in [-0.3, -0.25) is 0 Å². The molecule has 0 aliphatic heterocycles. The van der Waals surface area contributed by atoms with Gasteiger partial charge in [0.25, 0.3) is 0 Å². The van der Waals surface area contributed by atoms with Gasteiger partial charge in [0.15, 0.2) is 0 Å². The van der Waals surface area contributed by atoms with Gasteiger partial charge in [-0.25, -0.2) is 0 Å². The fourth-order valence-electron chi connectivity index (χ4n) is 1.75. The quantitative estimate of drug-likeness (QED) is 0.578. The molecule has 1 N–H and O–H groups in total. The molecule has 1 heterocycles. The van der Waals surface area contributed by atoms with Crippen molar-refractivity contribution >= 4 is 64.8 Å². The van der Waals surface area contributed by atoms with Crippen molar-refractivity contribution in [2.24, 2.45) is 0 Å². The first kappa shape index (κ1) is 14.6. The zero-order valence-electron chi connectivity index (χ0n) is 9.98. The van der Waals surface area contributed by atoms with E-state index in [-0.39, 0.29) is 0 Å². The van der Waals surface area contributed by atoms with E-state index in [4.69, 9.17) is 0 Å². The van der Waals surface area contributed by atoms with E-state index in [9.17, 15) is 0 Å². The van der Waals surface area contributed by atoms with Gasteiger partial charge in [-0.1, -0.05) is 15.9 Å². The van der Waals surface area contributed by atoms with Gasteiger partial charge in [0.1, 0.15) is 0 Å². The number of benzene rings is 1. The van der Waals surface area contributed by atoms with Crippen LogP contribution in [-0.2, 0) is 6.54 Å². The Bertz CT molecular complexity index is 555. The predicted molar refractivity (Wildman–Crippen MR) is 90.7 cm³/mol. The van der Waals surface area contributed by atoms with Crippen LogP contribution in [0.3, 0.4) is 0 Å². The third-order valence-corrected chi connectivity index (χ3v) is 5.32. The highest BCUT2D eigenvalue weighted by Crippen LogP contribution is 2.35. The number of aryl methyl sites for hydroxylation is 2. The lowest BCUT2D eigenvalue weighted by atomic mass is 10.2. The largest absolute Gasteiger partial charge is 0.379 e. The van der Waals surface area contributed by atoms with E-state index in [1.54, 1.807) is 0 Å². The zero-order chi connectivity index (χ0) is 13.3. The van der Waals surface area contributed by atoms with Gasteiger partial charge in [-0.05, 0) is 69.5 Å². The topological polar surface area (TPSA) is 12.0 Å². The number of thiophene rings is 1. The van der Waals surface area contributed by atoms with Crippen molar-refractivity contribution < 1.29 is 0 Å². The molecule has 0 saturated heterocycles. The Kier molecular flexibility index (Phi) is 4.92. The van der Waals surface area contributed by atoms with Crippen LogP contribution < -0.4 is 5.32 Å². The summed E-state index contributed by atoms with van der Waals surface area (Å²) >= 11 is 12.5. The Morgan fingerprint density at radius 3 is 2.17 bits per heavy atom. The molecule has 5 heteroatoms. The van der Waals surface area contributed by atoms with Crippen LogP contribution in [0.15, 0.2) is 31.6 Å². The van der Waals surface area contributed by atoms with E-state index in [0.29, 0.717) is 0 Å². The summed E-state index contributed by atoms with van der Waals surface area (Å²) in [5.74, 6) is 0. The molecule has 0 spiro atoms. The normalized spacial score (nSPS) is 10.7. The molecule has 1 aromatic heterocycles. The molecule has 96 valence electrons. The molecular weight excluding hydrogens is 442 g/mol. The average Bonchev–Trinajstić information content (AvgIpc) is 2.55. The maximum Gasteiger partial charge on any atom is 0.0632 e. The van der Waals surface area contributed by atoms with Crippen LogP contribution in [0.2, 0.25) is 0 Å². The summed E-state index contributed by atoms with van der Waals surface area (Å²) < 4.78 is 3.15. The van der Waals surface area contributed by atoms with Crippen LogP contribution in [-0.4, -0.2) is 0 Å². The maximum absolute atomic E-state index is 3.58. The van der Waals surface area contributed by atoms with E-state index in [1.807, 2.05) is 23.5 Å². The first-order chi connectivity index (χ1) is 8.47. The van der Waals surface area contributed by atoms with E-state index in [1.165, 1.54) is 15.3 Å². The third-order valence-electron chi connectivity index (χ3n) is 2.61. The number of nitrogens with one attached hydrogen (secondary N) is 1. The van der Waals surface area contributed by atoms with Crippen LogP contribution in [0.25, 0.3) is 0 Å². The summed E-state index contributed by atoms with van der Waals surface area (Å²) in [6.07, 6.45) is 0. The Morgan fingerprint density at radius 2 is 1.67 bits per heavy atom. The van der Waals surface area contributed by atoms with Gasteiger partial charge in [0, 0.05) is 29.7 Å². The lowest BCUT2D eigenvalue weighted by molar-refractivity contribution is 1.13. The fraction of sp³-hybridized carbons (Fsp3) is 0.231. The molecule has 0 unspecified atom stereocenters. The van der Waals surface area contributed by atoms with E-state index in [0.717, 1.165) is 25.7 Å². The van der Waals surface area contributed by atoms with Crippen LogP contribution >= 0.6 is 59.1 Å². The predicted octanol–water partition coefficient (Wildman–Crippen LogP) is 6.26. The summed E-state index contributed by atoms with van der Waals surface area (Å²) in [5.41, 5.74) is 2.45. The SMILES string of the molecule is Cc1cc(CNc2c(Br)cc(Br)cc2Br)c(C)s1. The Hall–Kier alpha value is 0.160. The smallest absolute Gasteiger partial charge is 0.0632 e. The fourth-order valence-corrected chi connectivity index (χ4v) is 5.24. The van der Waals surface area contributed by atoms with Crippen LogP contribution in [0.1, 0.15) is 15.3 Å². The van der Waals surface area contributed by atoms with Crippen molar-refractivity contribution in [3.05, 3.63) is 46.9 Å². The maximum atomic E-state index is 3.58. The second-order valence-electron chi connectivity index (χ2n) is 4.04. The van der Waals surface area contributed by atoms with Crippen molar-refractivity contribution in [2.75, 3.05) is 5.32 Å². The van der Waals surface area contributed by atoms with Gasteiger partial charge >= 0.3 is 0 Å². The van der Waals surface area contributed by atoms with E-state index >= 15 is 0 Å². The molecule has 2 rings (SSSR count). The lowest BCUT2D eigenvalue weighted by Crippen LogP contribution is -2.01.